The fourth-order valence-electron chi connectivity index (χ4n) is 2.78. The highest BCUT2D eigenvalue weighted by Gasteiger charge is 2.19. The van der Waals surface area contributed by atoms with Crippen LogP contribution in [0.4, 0.5) is 0 Å². The number of aryl methyl sites for hydroxylation is 2. The Kier molecular flexibility index (Phi) is 4.22. The molecule has 4 nitrogen and oxygen atoms in total. The van der Waals surface area contributed by atoms with Crippen molar-refractivity contribution in [3.63, 3.8) is 0 Å². The SMILES string of the molecule is Cc1cnc2c(c1)nc(CCCl)n2CC1CCCCO1. The van der Waals surface area contributed by atoms with Crippen molar-refractivity contribution in [3.05, 3.63) is 23.7 Å². The lowest BCUT2D eigenvalue weighted by molar-refractivity contribution is 0.00613. The second-order valence-corrected chi connectivity index (χ2v) is 5.80. The van der Waals surface area contributed by atoms with Gasteiger partial charge < -0.3 is 9.30 Å². The first kappa shape index (κ1) is 13.8. The van der Waals surface area contributed by atoms with E-state index in [4.69, 9.17) is 16.3 Å². The molecule has 20 heavy (non-hydrogen) atoms. The van der Waals surface area contributed by atoms with Crippen molar-refractivity contribution in [1.82, 2.24) is 14.5 Å². The zero-order valence-corrected chi connectivity index (χ0v) is 12.6. The lowest BCUT2D eigenvalue weighted by atomic mass is 10.1. The number of hydrogen-bond acceptors (Lipinski definition) is 3. The molecular weight excluding hydrogens is 274 g/mol. The summed E-state index contributed by atoms with van der Waals surface area (Å²) in [4.78, 5) is 9.24. The molecule has 2 aromatic heterocycles. The number of imidazole rings is 1. The highest BCUT2D eigenvalue weighted by molar-refractivity contribution is 6.17. The summed E-state index contributed by atoms with van der Waals surface area (Å²) in [6.07, 6.45) is 6.47. The van der Waals surface area contributed by atoms with Crippen LogP contribution in [0.2, 0.25) is 0 Å². The Morgan fingerprint density at radius 1 is 1.45 bits per heavy atom. The summed E-state index contributed by atoms with van der Waals surface area (Å²) in [7, 11) is 0. The Morgan fingerprint density at radius 2 is 2.35 bits per heavy atom. The summed E-state index contributed by atoms with van der Waals surface area (Å²) in [5, 5.41) is 0. The van der Waals surface area contributed by atoms with Crippen molar-refractivity contribution >= 4 is 22.8 Å². The number of ether oxygens (including phenoxy) is 1. The van der Waals surface area contributed by atoms with Crippen LogP contribution in [0.25, 0.3) is 11.2 Å². The average Bonchev–Trinajstić information content (AvgIpc) is 2.77. The lowest BCUT2D eigenvalue weighted by Crippen LogP contribution is -2.25. The van der Waals surface area contributed by atoms with Gasteiger partial charge in [-0.05, 0) is 37.8 Å². The molecule has 108 valence electrons. The maximum atomic E-state index is 5.90. The minimum Gasteiger partial charge on any atom is -0.376 e. The zero-order chi connectivity index (χ0) is 13.9. The number of hydrogen-bond donors (Lipinski definition) is 0. The first-order valence-corrected chi connectivity index (χ1v) is 7.80. The normalized spacial score (nSPS) is 19.6. The van der Waals surface area contributed by atoms with E-state index in [0.717, 1.165) is 48.5 Å². The van der Waals surface area contributed by atoms with Crippen LogP contribution in [0.15, 0.2) is 12.3 Å². The van der Waals surface area contributed by atoms with Crippen molar-refractivity contribution < 1.29 is 4.74 Å². The minimum absolute atomic E-state index is 0.276. The summed E-state index contributed by atoms with van der Waals surface area (Å²) in [6.45, 7) is 3.74. The van der Waals surface area contributed by atoms with Gasteiger partial charge in [-0.25, -0.2) is 9.97 Å². The molecule has 3 heterocycles. The van der Waals surface area contributed by atoms with Gasteiger partial charge in [-0.3, -0.25) is 0 Å². The van der Waals surface area contributed by atoms with Gasteiger partial charge in [-0.15, -0.1) is 11.6 Å². The molecule has 0 aliphatic carbocycles. The molecule has 0 aromatic carbocycles. The van der Waals surface area contributed by atoms with Crippen LogP contribution in [0, 0.1) is 6.92 Å². The smallest absolute Gasteiger partial charge is 0.160 e. The number of rotatable bonds is 4. The highest BCUT2D eigenvalue weighted by atomic mass is 35.5. The first-order valence-electron chi connectivity index (χ1n) is 7.27. The Balaban J connectivity index is 1.95. The number of pyridine rings is 1. The quantitative estimate of drug-likeness (QED) is 0.813. The highest BCUT2D eigenvalue weighted by Crippen LogP contribution is 2.20. The predicted octanol–water partition coefficient (Wildman–Crippen LogP) is 3.09. The van der Waals surface area contributed by atoms with E-state index in [9.17, 15) is 0 Å². The second-order valence-electron chi connectivity index (χ2n) is 5.42. The molecule has 0 bridgehead atoms. The Bertz CT molecular complexity index is 590. The fraction of sp³-hybridized carbons (Fsp3) is 0.600. The first-order chi connectivity index (χ1) is 9.78. The third-order valence-electron chi connectivity index (χ3n) is 3.78. The molecule has 1 aliphatic rings. The summed E-state index contributed by atoms with van der Waals surface area (Å²) < 4.78 is 8.04. The topological polar surface area (TPSA) is 39.9 Å². The van der Waals surface area contributed by atoms with Gasteiger partial charge in [0.25, 0.3) is 0 Å². The van der Waals surface area contributed by atoms with Crippen molar-refractivity contribution in [1.29, 1.82) is 0 Å². The van der Waals surface area contributed by atoms with E-state index in [1.807, 2.05) is 13.1 Å². The van der Waals surface area contributed by atoms with Crippen LogP contribution in [-0.4, -0.2) is 33.1 Å². The Labute approximate surface area is 124 Å². The number of aromatic nitrogens is 3. The second kappa shape index (κ2) is 6.10. The molecule has 0 spiro atoms. The van der Waals surface area contributed by atoms with Gasteiger partial charge in [0, 0.05) is 25.1 Å². The molecule has 1 saturated heterocycles. The van der Waals surface area contributed by atoms with Gasteiger partial charge in [-0.1, -0.05) is 0 Å². The van der Waals surface area contributed by atoms with Crippen molar-refractivity contribution in [2.24, 2.45) is 0 Å². The van der Waals surface area contributed by atoms with Gasteiger partial charge in [0.2, 0.25) is 0 Å². The number of alkyl halides is 1. The summed E-state index contributed by atoms with van der Waals surface area (Å²) in [5.41, 5.74) is 3.04. The van der Waals surface area contributed by atoms with Gasteiger partial charge in [-0.2, -0.15) is 0 Å². The zero-order valence-electron chi connectivity index (χ0n) is 11.8. The molecule has 0 saturated carbocycles. The molecule has 1 atom stereocenters. The summed E-state index contributed by atoms with van der Waals surface area (Å²) in [6, 6.07) is 2.08. The number of nitrogens with zero attached hydrogens (tertiary/aromatic N) is 3. The molecule has 0 radical (unpaired) electrons. The minimum atomic E-state index is 0.276. The lowest BCUT2D eigenvalue weighted by Gasteiger charge is -2.23. The molecule has 1 fully saturated rings. The standard InChI is InChI=1S/C15H20ClN3O/c1-11-8-13-15(17-9-11)19(14(18-13)5-6-16)10-12-4-2-3-7-20-12/h8-9,12H,2-7,10H2,1H3. The van der Waals surface area contributed by atoms with Crippen molar-refractivity contribution in [2.45, 2.75) is 45.3 Å². The average molecular weight is 294 g/mol. The van der Waals surface area contributed by atoms with E-state index in [1.54, 1.807) is 0 Å². The number of fused-ring (bicyclic) bond motifs is 1. The van der Waals surface area contributed by atoms with E-state index < -0.39 is 0 Å². The van der Waals surface area contributed by atoms with Crippen LogP contribution in [0.3, 0.4) is 0 Å². The van der Waals surface area contributed by atoms with Crippen molar-refractivity contribution in [2.75, 3.05) is 12.5 Å². The third kappa shape index (κ3) is 2.81. The van der Waals surface area contributed by atoms with E-state index >= 15 is 0 Å². The van der Waals surface area contributed by atoms with Gasteiger partial charge >= 0.3 is 0 Å². The summed E-state index contributed by atoms with van der Waals surface area (Å²) in [5.74, 6) is 1.59. The van der Waals surface area contributed by atoms with Crippen LogP contribution in [0.5, 0.6) is 0 Å². The van der Waals surface area contributed by atoms with E-state index in [-0.39, 0.29) is 6.10 Å². The molecule has 3 rings (SSSR count). The van der Waals surface area contributed by atoms with Gasteiger partial charge in [0.1, 0.15) is 11.3 Å². The Hall–Kier alpha value is -1.13. The van der Waals surface area contributed by atoms with Crippen LogP contribution >= 0.6 is 11.6 Å². The molecule has 2 aromatic rings. The monoisotopic (exact) mass is 293 g/mol. The van der Waals surface area contributed by atoms with Crippen LogP contribution < -0.4 is 0 Å². The molecule has 0 amide bonds. The van der Waals surface area contributed by atoms with E-state index in [2.05, 4.69) is 20.6 Å². The van der Waals surface area contributed by atoms with E-state index in [0.29, 0.717) is 5.88 Å². The Morgan fingerprint density at radius 3 is 3.10 bits per heavy atom. The maximum absolute atomic E-state index is 5.90. The van der Waals surface area contributed by atoms with Gasteiger partial charge in [0.05, 0.1) is 12.6 Å². The molecular formula is C15H20ClN3O. The van der Waals surface area contributed by atoms with Crippen LogP contribution in [0.1, 0.15) is 30.7 Å². The fourth-order valence-corrected chi connectivity index (χ4v) is 2.95. The van der Waals surface area contributed by atoms with Crippen LogP contribution in [-0.2, 0) is 17.7 Å². The predicted molar refractivity (Wildman–Crippen MR) is 80.3 cm³/mol. The maximum Gasteiger partial charge on any atom is 0.160 e. The molecule has 0 N–H and O–H groups in total. The van der Waals surface area contributed by atoms with Gasteiger partial charge in [0.15, 0.2) is 5.65 Å². The molecule has 1 aliphatic heterocycles. The third-order valence-corrected chi connectivity index (χ3v) is 3.97. The molecule has 1 unspecified atom stereocenters. The van der Waals surface area contributed by atoms with Crippen molar-refractivity contribution in [3.8, 4) is 0 Å². The van der Waals surface area contributed by atoms with E-state index in [1.165, 1.54) is 12.8 Å². The number of halogens is 1. The largest absolute Gasteiger partial charge is 0.376 e. The summed E-state index contributed by atoms with van der Waals surface area (Å²) >= 11 is 5.90. The molecule has 5 heteroatoms.